The fourth-order valence-corrected chi connectivity index (χ4v) is 5.78. The van der Waals surface area contributed by atoms with Crippen LogP contribution in [-0.4, -0.2) is 50.9 Å². The van der Waals surface area contributed by atoms with Crippen LogP contribution in [0.1, 0.15) is 39.2 Å². The Labute approximate surface area is 241 Å². The van der Waals surface area contributed by atoms with Gasteiger partial charge in [-0.15, -0.1) is 0 Å². The van der Waals surface area contributed by atoms with Crippen molar-refractivity contribution in [1.82, 2.24) is 10.2 Å². The standard InChI is InChI=1S/C30H36ClN3O5S/c1-5-22(3)32-30(36)28(6-2)33(20-23-15-17-26(39-4)18-16-23)29(35)21-34(25-12-10-11-24(31)19-25)40(37,38)27-13-8-7-9-14-27/h7-19,22,28H,5-6,20-21H2,1-4H3,(H,32,36)/t22-,28-/m1/s1. The number of hydrogen-bond donors (Lipinski definition) is 1. The van der Waals surface area contributed by atoms with Gasteiger partial charge in [-0.25, -0.2) is 8.42 Å². The summed E-state index contributed by atoms with van der Waals surface area (Å²) in [6.45, 7) is 5.26. The van der Waals surface area contributed by atoms with Crippen LogP contribution in [0, 0.1) is 0 Å². The second kappa shape index (κ2) is 14.2. The van der Waals surface area contributed by atoms with Gasteiger partial charge in [-0.05, 0) is 67.8 Å². The number of ether oxygens (including phenoxy) is 1. The van der Waals surface area contributed by atoms with Crippen LogP contribution in [0.3, 0.4) is 0 Å². The van der Waals surface area contributed by atoms with Gasteiger partial charge in [0.25, 0.3) is 10.0 Å². The molecule has 3 rings (SSSR count). The van der Waals surface area contributed by atoms with Gasteiger partial charge in [0.05, 0.1) is 17.7 Å². The van der Waals surface area contributed by atoms with Crippen molar-refractivity contribution < 1.29 is 22.7 Å². The lowest BCUT2D eigenvalue weighted by molar-refractivity contribution is -0.140. The van der Waals surface area contributed by atoms with E-state index >= 15 is 0 Å². The molecule has 40 heavy (non-hydrogen) atoms. The van der Waals surface area contributed by atoms with Gasteiger partial charge < -0.3 is 15.0 Å². The summed E-state index contributed by atoms with van der Waals surface area (Å²) in [5, 5.41) is 3.29. The van der Waals surface area contributed by atoms with E-state index in [9.17, 15) is 18.0 Å². The van der Waals surface area contributed by atoms with Gasteiger partial charge in [-0.3, -0.25) is 13.9 Å². The molecular formula is C30H36ClN3O5S. The lowest BCUT2D eigenvalue weighted by atomic mass is 10.1. The Hall–Kier alpha value is -3.56. The molecule has 10 heteroatoms. The van der Waals surface area contributed by atoms with E-state index in [-0.39, 0.29) is 29.1 Å². The van der Waals surface area contributed by atoms with Crippen molar-refractivity contribution in [2.75, 3.05) is 18.0 Å². The highest BCUT2D eigenvalue weighted by atomic mass is 35.5. The molecule has 0 saturated carbocycles. The Kier molecular flexibility index (Phi) is 11.0. The molecule has 0 aliphatic heterocycles. The fraction of sp³-hybridized carbons (Fsp3) is 0.333. The highest BCUT2D eigenvalue weighted by Gasteiger charge is 2.34. The zero-order valence-electron chi connectivity index (χ0n) is 23.2. The summed E-state index contributed by atoms with van der Waals surface area (Å²) in [5.41, 5.74) is 1.01. The molecule has 0 unspecified atom stereocenters. The van der Waals surface area contributed by atoms with Crippen molar-refractivity contribution in [3.63, 3.8) is 0 Å². The van der Waals surface area contributed by atoms with E-state index in [0.29, 0.717) is 17.2 Å². The van der Waals surface area contributed by atoms with E-state index in [1.165, 1.54) is 23.1 Å². The summed E-state index contributed by atoms with van der Waals surface area (Å²) in [6, 6.07) is 20.5. The van der Waals surface area contributed by atoms with Crippen LogP contribution in [0.4, 0.5) is 5.69 Å². The quantitative estimate of drug-likeness (QED) is 0.295. The van der Waals surface area contributed by atoms with Crippen LogP contribution >= 0.6 is 11.6 Å². The molecule has 0 aromatic heterocycles. The maximum atomic E-state index is 14.1. The average molecular weight is 586 g/mol. The van der Waals surface area contributed by atoms with Crippen molar-refractivity contribution in [3.8, 4) is 5.75 Å². The zero-order chi connectivity index (χ0) is 29.3. The smallest absolute Gasteiger partial charge is 0.264 e. The van der Waals surface area contributed by atoms with E-state index in [4.69, 9.17) is 16.3 Å². The van der Waals surface area contributed by atoms with Crippen molar-refractivity contribution >= 4 is 39.1 Å². The summed E-state index contributed by atoms with van der Waals surface area (Å²) in [4.78, 5) is 28.9. The minimum Gasteiger partial charge on any atom is -0.497 e. The Morgan fingerprint density at radius 3 is 2.20 bits per heavy atom. The molecule has 3 aromatic rings. The van der Waals surface area contributed by atoms with Crippen molar-refractivity contribution in [3.05, 3.63) is 89.4 Å². The number of sulfonamides is 1. The van der Waals surface area contributed by atoms with Crippen molar-refractivity contribution in [1.29, 1.82) is 0 Å². The Morgan fingerprint density at radius 2 is 1.62 bits per heavy atom. The third-order valence-electron chi connectivity index (χ3n) is 6.61. The first-order valence-electron chi connectivity index (χ1n) is 13.2. The molecule has 0 fully saturated rings. The first kappa shape index (κ1) is 31.0. The molecule has 1 N–H and O–H groups in total. The number of amides is 2. The fourth-order valence-electron chi connectivity index (χ4n) is 4.17. The molecule has 3 aromatic carbocycles. The molecule has 0 saturated heterocycles. The number of carbonyl (C=O) groups is 2. The number of methoxy groups -OCH3 is 1. The largest absolute Gasteiger partial charge is 0.497 e. The summed E-state index contributed by atoms with van der Waals surface area (Å²) in [5.74, 6) is -0.162. The van der Waals surface area contributed by atoms with Crippen LogP contribution in [0.2, 0.25) is 5.02 Å². The maximum absolute atomic E-state index is 14.1. The van der Waals surface area contributed by atoms with E-state index in [2.05, 4.69) is 5.32 Å². The summed E-state index contributed by atoms with van der Waals surface area (Å²) >= 11 is 6.21. The Morgan fingerprint density at radius 1 is 0.950 bits per heavy atom. The van der Waals surface area contributed by atoms with Crippen LogP contribution < -0.4 is 14.4 Å². The third kappa shape index (κ3) is 7.76. The minimum absolute atomic E-state index is 0.0334. The Bertz CT molecular complexity index is 1380. The lowest BCUT2D eigenvalue weighted by Crippen LogP contribution is -2.53. The van der Waals surface area contributed by atoms with Crippen LogP contribution in [0.5, 0.6) is 5.75 Å². The highest BCUT2D eigenvalue weighted by molar-refractivity contribution is 7.92. The summed E-state index contributed by atoms with van der Waals surface area (Å²) < 4.78 is 33.9. The van der Waals surface area contributed by atoms with Crippen LogP contribution in [0.25, 0.3) is 0 Å². The predicted octanol–water partition coefficient (Wildman–Crippen LogP) is 5.27. The van der Waals surface area contributed by atoms with E-state index in [0.717, 1.165) is 16.3 Å². The van der Waals surface area contributed by atoms with E-state index < -0.39 is 28.5 Å². The number of rotatable bonds is 13. The molecule has 0 radical (unpaired) electrons. The maximum Gasteiger partial charge on any atom is 0.264 e. The molecule has 0 spiro atoms. The normalized spacial score (nSPS) is 12.7. The van der Waals surface area contributed by atoms with Crippen LogP contribution in [0.15, 0.2) is 83.8 Å². The van der Waals surface area contributed by atoms with Gasteiger partial charge >= 0.3 is 0 Å². The second-order valence-electron chi connectivity index (χ2n) is 9.42. The zero-order valence-corrected chi connectivity index (χ0v) is 24.8. The molecule has 0 aliphatic rings. The molecule has 2 atom stereocenters. The number of carbonyl (C=O) groups excluding carboxylic acids is 2. The molecule has 0 heterocycles. The number of hydrogen-bond acceptors (Lipinski definition) is 5. The van der Waals surface area contributed by atoms with Gasteiger partial charge in [0.2, 0.25) is 11.8 Å². The molecule has 214 valence electrons. The van der Waals surface area contributed by atoms with Gasteiger partial charge in [-0.1, -0.05) is 61.8 Å². The monoisotopic (exact) mass is 585 g/mol. The SMILES string of the molecule is CC[C@@H](C)NC(=O)[C@@H](CC)N(Cc1ccc(OC)cc1)C(=O)CN(c1cccc(Cl)c1)S(=O)(=O)c1ccccc1. The first-order valence-corrected chi connectivity index (χ1v) is 15.0. The molecule has 8 nitrogen and oxygen atoms in total. The van der Waals surface area contributed by atoms with Gasteiger partial charge in [0.1, 0.15) is 18.3 Å². The van der Waals surface area contributed by atoms with Crippen LogP contribution in [-0.2, 0) is 26.2 Å². The van der Waals surface area contributed by atoms with E-state index in [1.54, 1.807) is 55.6 Å². The number of halogens is 1. The topological polar surface area (TPSA) is 96.0 Å². The van der Waals surface area contributed by atoms with Gasteiger partial charge in [0, 0.05) is 17.6 Å². The van der Waals surface area contributed by atoms with Crippen molar-refractivity contribution in [2.24, 2.45) is 0 Å². The number of benzene rings is 3. The molecular weight excluding hydrogens is 550 g/mol. The lowest BCUT2D eigenvalue weighted by Gasteiger charge is -2.33. The Balaban J connectivity index is 2.04. The predicted molar refractivity (Wildman–Crippen MR) is 158 cm³/mol. The summed E-state index contributed by atoms with van der Waals surface area (Å²) in [7, 11) is -2.58. The van der Waals surface area contributed by atoms with Crippen molar-refractivity contribution in [2.45, 2.75) is 57.1 Å². The molecule has 0 aliphatic carbocycles. The van der Waals surface area contributed by atoms with Gasteiger partial charge in [-0.2, -0.15) is 0 Å². The average Bonchev–Trinajstić information content (AvgIpc) is 2.96. The second-order valence-corrected chi connectivity index (χ2v) is 11.7. The minimum atomic E-state index is -4.15. The third-order valence-corrected chi connectivity index (χ3v) is 8.63. The first-order chi connectivity index (χ1) is 19.1. The number of nitrogens with zero attached hydrogens (tertiary/aromatic N) is 2. The molecule has 2 amide bonds. The molecule has 0 bridgehead atoms. The van der Waals surface area contributed by atoms with E-state index in [1.807, 2.05) is 32.9 Å². The summed E-state index contributed by atoms with van der Waals surface area (Å²) in [6.07, 6.45) is 1.07. The number of nitrogens with one attached hydrogen (secondary N) is 1. The van der Waals surface area contributed by atoms with Gasteiger partial charge in [0.15, 0.2) is 0 Å². The highest BCUT2D eigenvalue weighted by Crippen LogP contribution is 2.27. The number of anilines is 1.